The Morgan fingerprint density at radius 2 is 1.87 bits per heavy atom. The van der Waals surface area contributed by atoms with E-state index in [-0.39, 0.29) is 12.2 Å². The fourth-order valence-electron chi connectivity index (χ4n) is 1.56. The van der Waals surface area contributed by atoms with Crippen LogP contribution in [0.1, 0.15) is 12.0 Å². The van der Waals surface area contributed by atoms with E-state index in [1.54, 1.807) is 12.2 Å². The third-order valence-corrected chi connectivity index (χ3v) is 2.33. The Hall–Kier alpha value is -2.14. The number of benzene rings is 1. The first-order chi connectivity index (χ1) is 7.31. The van der Waals surface area contributed by atoms with Gasteiger partial charge >= 0.3 is 0 Å². The summed E-state index contributed by atoms with van der Waals surface area (Å²) in [6.07, 6.45) is 3.65. The topological polar surface area (TPSA) is 40.9 Å². The first kappa shape index (κ1) is 9.42. The summed E-state index contributed by atoms with van der Waals surface area (Å²) in [5.41, 5.74) is 2.13. The van der Waals surface area contributed by atoms with Gasteiger partial charge < -0.3 is 0 Å². The minimum absolute atomic E-state index is 0.0141. The van der Waals surface area contributed by atoms with Crippen LogP contribution in [0.2, 0.25) is 0 Å². The number of carbonyl (C=O) groups is 1. The molecule has 0 saturated heterocycles. The largest absolute Gasteiger partial charge is 0.294 e. The van der Waals surface area contributed by atoms with Crippen molar-refractivity contribution in [3.63, 3.8) is 0 Å². The summed E-state index contributed by atoms with van der Waals surface area (Å²) in [6, 6.07) is 11.5. The van der Waals surface area contributed by atoms with Crippen LogP contribution in [-0.2, 0) is 4.79 Å². The van der Waals surface area contributed by atoms with E-state index in [1.165, 1.54) is 0 Å². The SMILES string of the molecule is N#CC1=CC=C(c2ccccc2)C(=O)C1. The van der Waals surface area contributed by atoms with Gasteiger partial charge in [0.2, 0.25) is 0 Å². The first-order valence-corrected chi connectivity index (χ1v) is 4.71. The van der Waals surface area contributed by atoms with Crippen LogP contribution in [0, 0.1) is 11.3 Å². The molecule has 0 radical (unpaired) electrons. The summed E-state index contributed by atoms with van der Waals surface area (Å²) in [7, 11) is 0. The van der Waals surface area contributed by atoms with Crippen LogP contribution < -0.4 is 0 Å². The van der Waals surface area contributed by atoms with Gasteiger partial charge in [0.15, 0.2) is 5.78 Å². The van der Waals surface area contributed by atoms with Gasteiger partial charge in [-0.25, -0.2) is 0 Å². The van der Waals surface area contributed by atoms with E-state index < -0.39 is 0 Å². The van der Waals surface area contributed by atoms with Crippen molar-refractivity contribution in [1.29, 1.82) is 5.26 Å². The van der Waals surface area contributed by atoms with Crippen molar-refractivity contribution < 1.29 is 4.79 Å². The predicted octanol–water partition coefficient (Wildman–Crippen LogP) is 2.49. The molecule has 0 bridgehead atoms. The van der Waals surface area contributed by atoms with E-state index in [0.717, 1.165) is 5.56 Å². The van der Waals surface area contributed by atoms with Crippen LogP contribution in [0.25, 0.3) is 5.57 Å². The van der Waals surface area contributed by atoms with Crippen molar-refractivity contribution >= 4 is 11.4 Å². The number of hydrogen-bond acceptors (Lipinski definition) is 2. The molecule has 2 nitrogen and oxygen atoms in total. The van der Waals surface area contributed by atoms with Gasteiger partial charge in [0, 0.05) is 17.6 Å². The molecule has 0 heterocycles. The van der Waals surface area contributed by atoms with Crippen molar-refractivity contribution in [3.05, 3.63) is 53.6 Å². The van der Waals surface area contributed by atoms with Gasteiger partial charge in [0.05, 0.1) is 6.07 Å². The molecule has 0 atom stereocenters. The van der Waals surface area contributed by atoms with E-state index in [1.807, 2.05) is 36.4 Å². The van der Waals surface area contributed by atoms with Crippen LogP contribution in [-0.4, -0.2) is 5.78 Å². The lowest BCUT2D eigenvalue weighted by Crippen LogP contribution is -2.06. The highest BCUT2D eigenvalue weighted by Gasteiger charge is 2.16. The molecule has 0 saturated carbocycles. The second-order valence-electron chi connectivity index (χ2n) is 3.35. The standard InChI is InChI=1S/C13H9NO/c14-9-10-6-7-12(13(15)8-10)11-4-2-1-3-5-11/h1-7H,8H2. The average Bonchev–Trinajstić information content (AvgIpc) is 2.30. The zero-order valence-electron chi connectivity index (χ0n) is 8.10. The molecule has 0 aliphatic heterocycles. The van der Waals surface area contributed by atoms with Crippen LogP contribution in [0.3, 0.4) is 0 Å². The molecule has 2 rings (SSSR count). The van der Waals surface area contributed by atoms with Gasteiger partial charge in [-0.15, -0.1) is 0 Å². The zero-order valence-corrected chi connectivity index (χ0v) is 8.10. The fraction of sp³-hybridized carbons (Fsp3) is 0.0769. The molecule has 0 N–H and O–H groups in total. The van der Waals surface area contributed by atoms with Gasteiger partial charge in [-0.2, -0.15) is 5.26 Å². The predicted molar refractivity (Wildman–Crippen MR) is 57.7 cm³/mol. The Balaban J connectivity index is 2.40. The molecular weight excluding hydrogens is 186 g/mol. The molecule has 15 heavy (non-hydrogen) atoms. The molecule has 0 fully saturated rings. The Bertz CT molecular complexity index is 489. The molecule has 1 aliphatic carbocycles. The van der Waals surface area contributed by atoms with Gasteiger partial charge in [0.25, 0.3) is 0 Å². The van der Waals surface area contributed by atoms with Gasteiger partial charge in [-0.1, -0.05) is 30.3 Å². The van der Waals surface area contributed by atoms with E-state index in [4.69, 9.17) is 5.26 Å². The molecule has 2 heteroatoms. The zero-order chi connectivity index (χ0) is 10.7. The van der Waals surface area contributed by atoms with Gasteiger partial charge in [-0.3, -0.25) is 4.79 Å². The molecular formula is C13H9NO. The van der Waals surface area contributed by atoms with E-state index >= 15 is 0 Å². The summed E-state index contributed by atoms with van der Waals surface area (Å²) in [4.78, 5) is 11.7. The van der Waals surface area contributed by atoms with E-state index in [9.17, 15) is 4.79 Å². The summed E-state index contributed by atoms with van der Waals surface area (Å²) in [5.74, 6) is 0.0141. The third kappa shape index (κ3) is 1.87. The quantitative estimate of drug-likeness (QED) is 0.690. The number of allylic oxidation sites excluding steroid dienone is 4. The minimum Gasteiger partial charge on any atom is -0.294 e. The maximum absolute atomic E-state index is 11.7. The summed E-state index contributed by atoms with van der Waals surface area (Å²) in [6.45, 7) is 0. The van der Waals surface area contributed by atoms with Crippen molar-refractivity contribution in [2.45, 2.75) is 6.42 Å². The summed E-state index contributed by atoms with van der Waals surface area (Å²) in [5, 5.41) is 8.67. The maximum atomic E-state index is 11.7. The van der Waals surface area contributed by atoms with E-state index in [2.05, 4.69) is 0 Å². The third-order valence-electron chi connectivity index (χ3n) is 2.33. The van der Waals surface area contributed by atoms with Crippen LogP contribution in [0.4, 0.5) is 0 Å². The number of carbonyl (C=O) groups excluding carboxylic acids is 1. The molecule has 1 aromatic rings. The molecule has 0 spiro atoms. The average molecular weight is 195 g/mol. The van der Waals surface area contributed by atoms with Gasteiger partial charge in [0.1, 0.15) is 0 Å². The number of hydrogen-bond donors (Lipinski definition) is 0. The minimum atomic E-state index is 0.0141. The highest BCUT2D eigenvalue weighted by molar-refractivity contribution is 6.22. The molecule has 1 aromatic carbocycles. The van der Waals surface area contributed by atoms with Crippen LogP contribution in [0.5, 0.6) is 0 Å². The Kier molecular flexibility index (Phi) is 2.47. The number of nitrogens with zero attached hydrogens (tertiary/aromatic N) is 1. The maximum Gasteiger partial charge on any atom is 0.168 e. The smallest absolute Gasteiger partial charge is 0.168 e. The van der Waals surface area contributed by atoms with Crippen molar-refractivity contribution in [2.24, 2.45) is 0 Å². The van der Waals surface area contributed by atoms with Crippen LogP contribution >= 0.6 is 0 Å². The Morgan fingerprint density at radius 3 is 2.47 bits per heavy atom. The first-order valence-electron chi connectivity index (χ1n) is 4.71. The highest BCUT2D eigenvalue weighted by Crippen LogP contribution is 2.23. The van der Waals surface area contributed by atoms with Crippen molar-refractivity contribution in [3.8, 4) is 6.07 Å². The number of Topliss-reactive ketones (excluding diaryl/α,β-unsaturated/α-hetero) is 1. The molecule has 0 unspecified atom stereocenters. The van der Waals surface area contributed by atoms with Crippen molar-refractivity contribution in [1.82, 2.24) is 0 Å². The lowest BCUT2D eigenvalue weighted by Gasteiger charge is -2.09. The Labute approximate surface area is 88.2 Å². The number of rotatable bonds is 1. The summed E-state index contributed by atoms with van der Waals surface area (Å²) >= 11 is 0. The fourth-order valence-corrected chi connectivity index (χ4v) is 1.56. The van der Waals surface area contributed by atoms with Gasteiger partial charge in [-0.05, 0) is 17.7 Å². The van der Waals surface area contributed by atoms with Crippen molar-refractivity contribution in [2.75, 3.05) is 0 Å². The molecule has 1 aliphatic rings. The monoisotopic (exact) mass is 195 g/mol. The van der Waals surface area contributed by atoms with Crippen LogP contribution in [0.15, 0.2) is 48.1 Å². The highest BCUT2D eigenvalue weighted by atomic mass is 16.1. The number of ketones is 1. The Morgan fingerprint density at radius 1 is 1.13 bits per heavy atom. The second kappa shape index (κ2) is 3.93. The lowest BCUT2D eigenvalue weighted by atomic mass is 9.93. The lowest BCUT2D eigenvalue weighted by molar-refractivity contribution is -0.113. The molecule has 0 amide bonds. The molecule has 0 aromatic heterocycles. The summed E-state index contributed by atoms with van der Waals surface area (Å²) < 4.78 is 0. The van der Waals surface area contributed by atoms with E-state index in [0.29, 0.717) is 11.1 Å². The number of nitriles is 1. The second-order valence-corrected chi connectivity index (χ2v) is 3.35. The normalized spacial score (nSPS) is 15.3. The molecule has 72 valence electrons.